The standard InChI is InChI=1S/C12H19N3O/c1-3-15(4-2)8-6-12(16)10-9-14-7-5-11(10)13/h5,7,9H,3-4,6,8H2,1-2H3,(H2,13,14). The van der Waals surface area contributed by atoms with Crippen molar-refractivity contribution in [2.24, 2.45) is 0 Å². The van der Waals surface area contributed by atoms with Gasteiger partial charge in [-0.25, -0.2) is 0 Å². The van der Waals surface area contributed by atoms with E-state index in [1.165, 1.54) is 0 Å². The fourth-order valence-electron chi connectivity index (χ4n) is 1.57. The second-order valence-electron chi connectivity index (χ2n) is 3.66. The molecule has 0 aromatic carbocycles. The average Bonchev–Trinajstić information content (AvgIpc) is 2.30. The van der Waals surface area contributed by atoms with Gasteiger partial charge in [-0.15, -0.1) is 0 Å². The molecule has 0 atom stereocenters. The normalized spacial score (nSPS) is 10.7. The second-order valence-corrected chi connectivity index (χ2v) is 3.66. The van der Waals surface area contributed by atoms with Crippen LogP contribution in [0.25, 0.3) is 0 Å². The highest BCUT2D eigenvalue weighted by molar-refractivity contribution is 6.00. The van der Waals surface area contributed by atoms with E-state index in [0.29, 0.717) is 17.7 Å². The first kappa shape index (κ1) is 12.6. The summed E-state index contributed by atoms with van der Waals surface area (Å²) in [6.07, 6.45) is 3.63. The van der Waals surface area contributed by atoms with Crippen molar-refractivity contribution in [3.63, 3.8) is 0 Å². The van der Waals surface area contributed by atoms with Gasteiger partial charge in [-0.2, -0.15) is 0 Å². The lowest BCUT2D eigenvalue weighted by Gasteiger charge is -2.17. The van der Waals surface area contributed by atoms with Crippen molar-refractivity contribution in [3.8, 4) is 0 Å². The summed E-state index contributed by atoms with van der Waals surface area (Å²) in [7, 11) is 0. The molecule has 2 N–H and O–H groups in total. The number of hydrogen-bond donors (Lipinski definition) is 1. The van der Waals surface area contributed by atoms with Gasteiger partial charge >= 0.3 is 0 Å². The zero-order chi connectivity index (χ0) is 12.0. The van der Waals surface area contributed by atoms with Crippen LogP contribution in [0.3, 0.4) is 0 Å². The van der Waals surface area contributed by atoms with Crippen molar-refractivity contribution in [2.75, 3.05) is 25.4 Å². The maximum Gasteiger partial charge on any atom is 0.167 e. The number of carbonyl (C=O) groups is 1. The molecule has 0 aliphatic carbocycles. The summed E-state index contributed by atoms with van der Waals surface area (Å²) in [5.74, 6) is 0.0671. The quantitative estimate of drug-likeness (QED) is 0.741. The van der Waals surface area contributed by atoms with Gasteiger partial charge in [0.15, 0.2) is 5.78 Å². The summed E-state index contributed by atoms with van der Waals surface area (Å²) in [5.41, 5.74) is 6.77. The van der Waals surface area contributed by atoms with Crippen molar-refractivity contribution >= 4 is 11.5 Å². The van der Waals surface area contributed by atoms with Gasteiger partial charge in [0.05, 0.1) is 5.56 Å². The van der Waals surface area contributed by atoms with E-state index < -0.39 is 0 Å². The van der Waals surface area contributed by atoms with E-state index in [-0.39, 0.29) is 5.78 Å². The number of pyridine rings is 1. The highest BCUT2D eigenvalue weighted by Crippen LogP contribution is 2.11. The van der Waals surface area contributed by atoms with E-state index in [4.69, 9.17) is 5.73 Å². The summed E-state index contributed by atoms with van der Waals surface area (Å²) < 4.78 is 0. The van der Waals surface area contributed by atoms with Crippen LogP contribution in [-0.2, 0) is 0 Å². The van der Waals surface area contributed by atoms with Gasteiger partial charge in [-0.1, -0.05) is 13.8 Å². The molecule has 1 aromatic rings. The van der Waals surface area contributed by atoms with E-state index in [2.05, 4.69) is 23.7 Å². The third-order valence-corrected chi connectivity index (χ3v) is 2.70. The molecule has 0 aliphatic heterocycles. The summed E-state index contributed by atoms with van der Waals surface area (Å²) >= 11 is 0. The molecule has 4 heteroatoms. The number of aromatic nitrogens is 1. The molecule has 0 bridgehead atoms. The molecule has 1 rings (SSSR count). The van der Waals surface area contributed by atoms with Crippen LogP contribution in [0.15, 0.2) is 18.5 Å². The maximum atomic E-state index is 11.9. The Balaban J connectivity index is 2.56. The van der Waals surface area contributed by atoms with Gasteiger partial charge in [-0.3, -0.25) is 9.78 Å². The molecular weight excluding hydrogens is 202 g/mol. The van der Waals surface area contributed by atoms with Crippen LogP contribution >= 0.6 is 0 Å². The zero-order valence-electron chi connectivity index (χ0n) is 9.94. The fraction of sp³-hybridized carbons (Fsp3) is 0.500. The number of nitrogens with zero attached hydrogens (tertiary/aromatic N) is 2. The Morgan fingerprint density at radius 3 is 2.69 bits per heavy atom. The Hall–Kier alpha value is -1.42. The molecule has 0 aliphatic rings. The van der Waals surface area contributed by atoms with Crippen molar-refractivity contribution in [1.29, 1.82) is 0 Å². The number of nitrogens with two attached hydrogens (primary N) is 1. The molecular formula is C12H19N3O. The predicted octanol–water partition coefficient (Wildman–Crippen LogP) is 1.58. The topological polar surface area (TPSA) is 59.2 Å². The van der Waals surface area contributed by atoms with Crippen LogP contribution in [-0.4, -0.2) is 35.3 Å². The first-order chi connectivity index (χ1) is 7.69. The lowest BCUT2D eigenvalue weighted by molar-refractivity contribution is 0.0967. The number of carbonyl (C=O) groups excluding carboxylic acids is 1. The number of anilines is 1. The largest absolute Gasteiger partial charge is 0.398 e. The molecule has 0 radical (unpaired) electrons. The van der Waals surface area contributed by atoms with Crippen molar-refractivity contribution in [2.45, 2.75) is 20.3 Å². The Morgan fingerprint density at radius 2 is 2.12 bits per heavy atom. The third-order valence-electron chi connectivity index (χ3n) is 2.70. The molecule has 0 saturated carbocycles. The van der Waals surface area contributed by atoms with Gasteiger partial charge in [0.2, 0.25) is 0 Å². The van der Waals surface area contributed by atoms with Crippen LogP contribution < -0.4 is 5.73 Å². The number of ketones is 1. The highest BCUT2D eigenvalue weighted by atomic mass is 16.1. The van der Waals surface area contributed by atoms with Crippen molar-refractivity contribution in [3.05, 3.63) is 24.0 Å². The van der Waals surface area contributed by atoms with Gasteiger partial charge in [-0.05, 0) is 19.2 Å². The van der Waals surface area contributed by atoms with Gasteiger partial charge in [0.25, 0.3) is 0 Å². The minimum absolute atomic E-state index is 0.0671. The van der Waals surface area contributed by atoms with Crippen molar-refractivity contribution in [1.82, 2.24) is 9.88 Å². The Morgan fingerprint density at radius 1 is 1.44 bits per heavy atom. The van der Waals surface area contributed by atoms with Gasteiger partial charge in [0, 0.05) is 31.0 Å². The molecule has 0 spiro atoms. The molecule has 1 aromatic heterocycles. The van der Waals surface area contributed by atoms with Gasteiger partial charge < -0.3 is 10.6 Å². The Kier molecular flexibility index (Phi) is 4.92. The van der Waals surface area contributed by atoms with Crippen LogP contribution in [0.4, 0.5) is 5.69 Å². The Labute approximate surface area is 96.5 Å². The van der Waals surface area contributed by atoms with E-state index in [1.54, 1.807) is 18.5 Å². The van der Waals surface area contributed by atoms with Crippen LogP contribution in [0.1, 0.15) is 30.6 Å². The number of nitrogen functional groups attached to an aromatic ring is 1. The van der Waals surface area contributed by atoms with Gasteiger partial charge in [0.1, 0.15) is 0 Å². The van der Waals surface area contributed by atoms with Crippen LogP contribution in [0, 0.1) is 0 Å². The minimum atomic E-state index is 0.0671. The molecule has 0 saturated heterocycles. The molecule has 4 nitrogen and oxygen atoms in total. The number of rotatable bonds is 6. The first-order valence-electron chi connectivity index (χ1n) is 5.64. The number of hydrogen-bond acceptors (Lipinski definition) is 4. The molecule has 88 valence electrons. The van der Waals surface area contributed by atoms with E-state index in [1.807, 2.05) is 0 Å². The molecule has 1 heterocycles. The molecule has 0 amide bonds. The fourth-order valence-corrected chi connectivity index (χ4v) is 1.57. The molecule has 0 fully saturated rings. The summed E-state index contributed by atoms with van der Waals surface area (Å²) in [6, 6.07) is 1.66. The molecule has 0 unspecified atom stereocenters. The van der Waals surface area contributed by atoms with Crippen LogP contribution in [0.5, 0.6) is 0 Å². The predicted molar refractivity (Wildman–Crippen MR) is 65.4 cm³/mol. The second kappa shape index (κ2) is 6.23. The molecule has 16 heavy (non-hydrogen) atoms. The lowest BCUT2D eigenvalue weighted by atomic mass is 10.1. The highest BCUT2D eigenvalue weighted by Gasteiger charge is 2.10. The SMILES string of the molecule is CCN(CC)CCC(=O)c1cnccc1N. The first-order valence-corrected chi connectivity index (χ1v) is 5.64. The van der Waals surface area contributed by atoms with E-state index in [0.717, 1.165) is 19.6 Å². The average molecular weight is 221 g/mol. The van der Waals surface area contributed by atoms with E-state index >= 15 is 0 Å². The summed E-state index contributed by atoms with van der Waals surface area (Å²) in [5, 5.41) is 0. The third kappa shape index (κ3) is 3.31. The monoisotopic (exact) mass is 221 g/mol. The van der Waals surface area contributed by atoms with Crippen molar-refractivity contribution < 1.29 is 4.79 Å². The summed E-state index contributed by atoms with van der Waals surface area (Å²) in [4.78, 5) is 18.0. The minimum Gasteiger partial charge on any atom is -0.398 e. The smallest absolute Gasteiger partial charge is 0.167 e. The number of Topliss-reactive ketones (excluding diaryl/α,β-unsaturated/α-hetero) is 1. The summed E-state index contributed by atoms with van der Waals surface area (Å²) in [6.45, 7) is 6.89. The van der Waals surface area contributed by atoms with Crippen LogP contribution in [0.2, 0.25) is 0 Å². The lowest BCUT2D eigenvalue weighted by Crippen LogP contribution is -2.26. The maximum absolute atomic E-state index is 11.9. The Bertz CT molecular complexity index is 348. The zero-order valence-corrected chi connectivity index (χ0v) is 9.94. The van der Waals surface area contributed by atoms with E-state index in [9.17, 15) is 4.79 Å².